The zero-order valence-corrected chi connectivity index (χ0v) is 11.4. The SMILES string of the molecule is O=C(O)c1cc(NC2CCCCC2CO)ncc1[N+](=O)[O-]. The molecule has 114 valence electrons. The van der Waals surface area contributed by atoms with Gasteiger partial charge in [0.25, 0.3) is 0 Å². The lowest BCUT2D eigenvalue weighted by Gasteiger charge is -2.31. The summed E-state index contributed by atoms with van der Waals surface area (Å²) in [4.78, 5) is 25.0. The standard InChI is InChI=1S/C13H17N3O5/c17-7-8-3-1-2-4-10(8)15-12-5-9(13(18)19)11(6-14-12)16(20)21/h5-6,8,10,17H,1-4,7H2,(H,14,15)(H,18,19). The number of hydrogen-bond donors (Lipinski definition) is 3. The molecule has 3 N–H and O–H groups in total. The Morgan fingerprint density at radius 1 is 1.48 bits per heavy atom. The maximum absolute atomic E-state index is 11.1. The van der Waals surface area contributed by atoms with Gasteiger partial charge in [-0.3, -0.25) is 10.1 Å². The molecular weight excluding hydrogens is 278 g/mol. The number of nitrogens with one attached hydrogen (secondary N) is 1. The smallest absolute Gasteiger partial charge is 0.342 e. The number of anilines is 1. The number of aliphatic hydroxyl groups excluding tert-OH is 1. The quantitative estimate of drug-likeness (QED) is 0.557. The summed E-state index contributed by atoms with van der Waals surface area (Å²) in [5.41, 5.74) is -0.927. The van der Waals surface area contributed by atoms with Crippen LogP contribution in [0.5, 0.6) is 0 Å². The first-order valence-corrected chi connectivity index (χ1v) is 6.78. The Kier molecular flexibility index (Phi) is 4.69. The van der Waals surface area contributed by atoms with Crippen molar-refractivity contribution in [3.63, 3.8) is 0 Å². The largest absolute Gasteiger partial charge is 0.477 e. The van der Waals surface area contributed by atoms with Crippen LogP contribution in [0.15, 0.2) is 12.3 Å². The molecule has 8 nitrogen and oxygen atoms in total. The van der Waals surface area contributed by atoms with Gasteiger partial charge in [-0.25, -0.2) is 9.78 Å². The molecule has 0 spiro atoms. The normalized spacial score (nSPS) is 21.8. The predicted molar refractivity (Wildman–Crippen MR) is 74.3 cm³/mol. The summed E-state index contributed by atoms with van der Waals surface area (Å²) in [5, 5.41) is 32.3. The van der Waals surface area contributed by atoms with Gasteiger partial charge in [0.15, 0.2) is 0 Å². The highest BCUT2D eigenvalue weighted by molar-refractivity contribution is 5.93. The van der Waals surface area contributed by atoms with Crippen LogP contribution in [0, 0.1) is 16.0 Å². The van der Waals surface area contributed by atoms with Gasteiger partial charge in [0.05, 0.1) is 4.92 Å². The molecule has 0 amide bonds. The van der Waals surface area contributed by atoms with E-state index in [0.29, 0.717) is 0 Å². The number of carbonyl (C=O) groups is 1. The third-order valence-electron chi connectivity index (χ3n) is 3.79. The lowest BCUT2D eigenvalue weighted by molar-refractivity contribution is -0.385. The number of pyridine rings is 1. The van der Waals surface area contributed by atoms with Crippen molar-refractivity contribution in [1.82, 2.24) is 4.98 Å². The van der Waals surface area contributed by atoms with Crippen molar-refractivity contribution in [3.05, 3.63) is 27.9 Å². The van der Waals surface area contributed by atoms with Gasteiger partial charge in [0, 0.05) is 24.6 Å². The molecule has 2 unspecified atom stereocenters. The molecule has 1 aromatic rings. The summed E-state index contributed by atoms with van der Waals surface area (Å²) >= 11 is 0. The van der Waals surface area contributed by atoms with Gasteiger partial charge >= 0.3 is 11.7 Å². The number of carboxylic acids is 1. The molecule has 1 aliphatic carbocycles. The number of carboxylic acid groups (broad SMARTS) is 1. The molecule has 0 radical (unpaired) electrons. The number of hydrogen-bond acceptors (Lipinski definition) is 6. The number of aliphatic hydroxyl groups is 1. The summed E-state index contributed by atoms with van der Waals surface area (Å²) < 4.78 is 0. The van der Waals surface area contributed by atoms with E-state index in [2.05, 4.69) is 10.3 Å². The number of nitrogens with zero attached hydrogens (tertiary/aromatic N) is 2. The highest BCUT2D eigenvalue weighted by atomic mass is 16.6. The number of nitro groups is 1. The van der Waals surface area contributed by atoms with Gasteiger partial charge in [-0.05, 0) is 12.8 Å². The van der Waals surface area contributed by atoms with Crippen LogP contribution in [-0.4, -0.2) is 38.7 Å². The van der Waals surface area contributed by atoms with Crippen LogP contribution in [0.3, 0.4) is 0 Å². The first-order chi connectivity index (χ1) is 10.0. The zero-order chi connectivity index (χ0) is 15.4. The van der Waals surface area contributed by atoms with E-state index >= 15 is 0 Å². The maximum atomic E-state index is 11.1. The van der Waals surface area contributed by atoms with E-state index in [9.17, 15) is 20.0 Å². The Balaban J connectivity index is 2.22. The van der Waals surface area contributed by atoms with Crippen LogP contribution in [0.25, 0.3) is 0 Å². The molecule has 0 aliphatic heterocycles. The summed E-state index contributed by atoms with van der Waals surface area (Å²) in [5.74, 6) is -0.998. The first kappa shape index (κ1) is 15.2. The van der Waals surface area contributed by atoms with Gasteiger partial charge in [-0.1, -0.05) is 12.8 Å². The molecule has 0 bridgehead atoms. The Morgan fingerprint density at radius 3 is 2.81 bits per heavy atom. The van der Waals surface area contributed by atoms with Gasteiger partial charge < -0.3 is 15.5 Å². The molecule has 2 atom stereocenters. The minimum Gasteiger partial charge on any atom is -0.477 e. The van der Waals surface area contributed by atoms with E-state index in [1.807, 2.05) is 0 Å². The number of rotatable bonds is 5. The lowest BCUT2D eigenvalue weighted by Crippen LogP contribution is -2.34. The molecule has 0 aromatic carbocycles. The first-order valence-electron chi connectivity index (χ1n) is 6.78. The molecule has 21 heavy (non-hydrogen) atoms. The van der Waals surface area contributed by atoms with Gasteiger partial charge in [-0.2, -0.15) is 0 Å². The molecular formula is C13H17N3O5. The average Bonchev–Trinajstić information content (AvgIpc) is 2.47. The van der Waals surface area contributed by atoms with E-state index in [-0.39, 0.29) is 24.4 Å². The molecule has 0 saturated heterocycles. The van der Waals surface area contributed by atoms with Crippen LogP contribution in [0.4, 0.5) is 11.5 Å². The third kappa shape index (κ3) is 3.46. The van der Waals surface area contributed by atoms with Crippen LogP contribution in [0.1, 0.15) is 36.0 Å². The van der Waals surface area contributed by atoms with Gasteiger partial charge in [0.2, 0.25) is 0 Å². The van der Waals surface area contributed by atoms with Crippen molar-refractivity contribution in [2.45, 2.75) is 31.7 Å². The van der Waals surface area contributed by atoms with E-state index in [4.69, 9.17) is 5.11 Å². The maximum Gasteiger partial charge on any atom is 0.342 e. The molecule has 1 saturated carbocycles. The van der Waals surface area contributed by atoms with Gasteiger partial charge in [0.1, 0.15) is 17.6 Å². The van der Waals surface area contributed by atoms with E-state index in [0.717, 1.165) is 31.9 Å². The van der Waals surface area contributed by atoms with Crippen LogP contribution >= 0.6 is 0 Å². The third-order valence-corrected chi connectivity index (χ3v) is 3.79. The molecule has 1 aromatic heterocycles. The van der Waals surface area contributed by atoms with Crippen molar-refractivity contribution in [1.29, 1.82) is 0 Å². The van der Waals surface area contributed by atoms with Crippen LogP contribution < -0.4 is 5.32 Å². The number of aromatic nitrogens is 1. The van der Waals surface area contributed by atoms with E-state index in [1.165, 1.54) is 6.07 Å². The molecule has 8 heteroatoms. The fraction of sp³-hybridized carbons (Fsp3) is 0.538. The highest BCUT2D eigenvalue weighted by Gasteiger charge is 2.26. The Hall–Kier alpha value is -2.22. The minimum atomic E-state index is -1.37. The van der Waals surface area contributed by atoms with Crippen molar-refractivity contribution < 1.29 is 19.9 Å². The summed E-state index contributed by atoms with van der Waals surface area (Å²) in [6.45, 7) is 0.0520. The van der Waals surface area contributed by atoms with Crippen LogP contribution in [0.2, 0.25) is 0 Å². The van der Waals surface area contributed by atoms with Crippen molar-refractivity contribution >= 4 is 17.5 Å². The highest BCUT2D eigenvalue weighted by Crippen LogP contribution is 2.28. The fourth-order valence-corrected chi connectivity index (χ4v) is 2.65. The summed E-state index contributed by atoms with van der Waals surface area (Å²) in [7, 11) is 0. The van der Waals surface area contributed by atoms with Crippen molar-refractivity contribution in [2.75, 3.05) is 11.9 Å². The Labute approximate surface area is 121 Å². The van der Waals surface area contributed by atoms with Gasteiger partial charge in [-0.15, -0.1) is 0 Å². The summed E-state index contributed by atoms with van der Waals surface area (Å²) in [6, 6.07) is 1.17. The monoisotopic (exact) mass is 295 g/mol. The van der Waals surface area contributed by atoms with Crippen molar-refractivity contribution in [2.24, 2.45) is 5.92 Å². The predicted octanol–water partition coefficient (Wildman–Crippen LogP) is 1.65. The Bertz CT molecular complexity index is 549. The second kappa shape index (κ2) is 6.49. The lowest BCUT2D eigenvalue weighted by atomic mass is 9.85. The Morgan fingerprint density at radius 2 is 2.19 bits per heavy atom. The molecule has 2 rings (SSSR count). The summed E-state index contributed by atoms with van der Waals surface area (Å²) in [6.07, 6.45) is 4.77. The van der Waals surface area contributed by atoms with Crippen molar-refractivity contribution in [3.8, 4) is 0 Å². The minimum absolute atomic E-state index is 0.000601. The average molecular weight is 295 g/mol. The van der Waals surface area contributed by atoms with Crippen LogP contribution in [-0.2, 0) is 0 Å². The molecule has 1 fully saturated rings. The second-order valence-electron chi connectivity index (χ2n) is 5.13. The zero-order valence-electron chi connectivity index (χ0n) is 11.4. The fourth-order valence-electron chi connectivity index (χ4n) is 2.65. The number of aromatic carboxylic acids is 1. The second-order valence-corrected chi connectivity index (χ2v) is 5.13. The van der Waals surface area contributed by atoms with E-state index in [1.54, 1.807) is 0 Å². The van der Waals surface area contributed by atoms with E-state index < -0.39 is 22.1 Å². The molecule has 1 aliphatic rings. The molecule has 1 heterocycles. The topological polar surface area (TPSA) is 126 Å².